The highest BCUT2D eigenvalue weighted by Gasteiger charge is 2.23. The first kappa shape index (κ1) is 39.7. The minimum atomic E-state index is 0.927. The summed E-state index contributed by atoms with van der Waals surface area (Å²) in [6, 6.07) is 93.0. The van der Waals surface area contributed by atoms with Crippen molar-refractivity contribution in [2.45, 2.75) is 0 Å². The topological polar surface area (TPSA) is 30.2 Å². The van der Waals surface area contributed by atoms with Crippen LogP contribution >= 0.6 is 0 Å². The lowest BCUT2D eigenvalue weighted by atomic mass is 9.92. The van der Waals surface area contributed by atoms with Crippen molar-refractivity contribution < 1.29 is 0 Å². The summed E-state index contributed by atoms with van der Waals surface area (Å²) in [5.74, 6) is 0. The molecule has 0 aliphatic carbocycles. The molecule has 0 spiro atoms. The minimum absolute atomic E-state index is 0.927. The number of nitrogens with zero attached hydrogens (tertiary/aromatic N) is 3. The SMILES string of the molecule is c1ccc(-c2cccc(-c3cc(-c4ccc(-c5cccc6c5cc(-c5ccccc5)n5nc(-c7ccccc7)c(-c7ccccc7)c65)cc4)cc(-c4cccc(-c5ccccc5)c4)n3)c2)cc1. The molecule has 0 radical (unpaired) electrons. The number of rotatable bonds is 9. The van der Waals surface area contributed by atoms with Crippen molar-refractivity contribution in [1.82, 2.24) is 14.6 Å². The van der Waals surface area contributed by atoms with Gasteiger partial charge >= 0.3 is 0 Å². The third kappa shape index (κ3) is 7.59. The van der Waals surface area contributed by atoms with E-state index in [1.54, 1.807) is 0 Å². The first-order chi connectivity index (χ1) is 33.2. The fraction of sp³-hybridized carbons (Fsp3) is 0. The van der Waals surface area contributed by atoms with E-state index < -0.39 is 0 Å². The van der Waals surface area contributed by atoms with Crippen molar-refractivity contribution in [2.75, 3.05) is 0 Å². The molecule has 0 fully saturated rings. The third-order valence-electron chi connectivity index (χ3n) is 12.8. The number of benzene rings is 9. The van der Waals surface area contributed by atoms with Gasteiger partial charge in [-0.25, -0.2) is 9.50 Å². The van der Waals surface area contributed by atoms with E-state index in [1.807, 2.05) is 0 Å². The third-order valence-corrected chi connectivity index (χ3v) is 12.8. The van der Waals surface area contributed by atoms with E-state index in [1.165, 1.54) is 16.5 Å². The second kappa shape index (κ2) is 17.2. The summed E-state index contributed by atoms with van der Waals surface area (Å²) in [7, 11) is 0. The van der Waals surface area contributed by atoms with E-state index in [2.05, 4.69) is 265 Å². The van der Waals surface area contributed by atoms with Gasteiger partial charge in [-0.05, 0) is 85.8 Å². The van der Waals surface area contributed by atoms with E-state index in [-0.39, 0.29) is 0 Å². The summed E-state index contributed by atoms with van der Waals surface area (Å²) in [6.07, 6.45) is 0. The molecule has 0 N–H and O–H groups in total. The number of hydrogen-bond donors (Lipinski definition) is 0. The van der Waals surface area contributed by atoms with Gasteiger partial charge in [-0.15, -0.1) is 0 Å². The summed E-state index contributed by atoms with van der Waals surface area (Å²) < 4.78 is 2.17. The average molecular weight is 854 g/mol. The van der Waals surface area contributed by atoms with Gasteiger partial charge < -0.3 is 0 Å². The Hall–Kier alpha value is -8.92. The molecule has 3 nitrogen and oxygen atoms in total. The van der Waals surface area contributed by atoms with Gasteiger partial charge in [0.05, 0.1) is 22.6 Å². The Balaban J connectivity index is 1.02. The summed E-state index contributed by atoms with van der Waals surface area (Å²) in [4.78, 5) is 5.37. The summed E-state index contributed by atoms with van der Waals surface area (Å²) >= 11 is 0. The molecule has 67 heavy (non-hydrogen) atoms. The van der Waals surface area contributed by atoms with E-state index >= 15 is 0 Å². The first-order valence-electron chi connectivity index (χ1n) is 22.8. The lowest BCUT2D eigenvalue weighted by molar-refractivity contribution is 0.979. The van der Waals surface area contributed by atoms with Gasteiger partial charge in [0, 0.05) is 33.2 Å². The van der Waals surface area contributed by atoms with Gasteiger partial charge in [-0.2, -0.15) is 5.10 Å². The Kier molecular flexibility index (Phi) is 10.2. The van der Waals surface area contributed by atoms with E-state index in [4.69, 9.17) is 10.1 Å². The van der Waals surface area contributed by atoms with Gasteiger partial charge in [-0.1, -0.05) is 231 Å². The zero-order chi connectivity index (χ0) is 44.5. The average Bonchev–Trinajstić information content (AvgIpc) is 3.83. The van der Waals surface area contributed by atoms with Crippen molar-refractivity contribution in [3.05, 3.63) is 261 Å². The maximum absolute atomic E-state index is 5.44. The van der Waals surface area contributed by atoms with Crippen molar-refractivity contribution in [3.8, 4) is 101 Å². The van der Waals surface area contributed by atoms with Crippen LogP contribution in [0.25, 0.3) is 117 Å². The Morgan fingerprint density at radius 2 is 0.701 bits per heavy atom. The monoisotopic (exact) mass is 853 g/mol. The molecule has 0 saturated heterocycles. The molecule has 0 bridgehead atoms. The fourth-order valence-electron chi connectivity index (χ4n) is 9.52. The number of pyridine rings is 2. The zero-order valence-electron chi connectivity index (χ0n) is 36.7. The van der Waals surface area contributed by atoms with Crippen LogP contribution in [0.2, 0.25) is 0 Å². The van der Waals surface area contributed by atoms with Crippen LogP contribution in [-0.2, 0) is 0 Å². The summed E-state index contributed by atoms with van der Waals surface area (Å²) in [5.41, 5.74) is 20.7. The Labute approximate surface area is 390 Å². The highest BCUT2D eigenvalue weighted by molar-refractivity contribution is 6.12. The van der Waals surface area contributed by atoms with Crippen molar-refractivity contribution in [3.63, 3.8) is 0 Å². The second-order valence-corrected chi connectivity index (χ2v) is 17.0. The van der Waals surface area contributed by atoms with Crippen LogP contribution in [0.4, 0.5) is 0 Å². The lowest BCUT2D eigenvalue weighted by Crippen LogP contribution is -1.96. The summed E-state index contributed by atoms with van der Waals surface area (Å²) in [6.45, 7) is 0. The van der Waals surface area contributed by atoms with Gasteiger partial charge in [-0.3, -0.25) is 0 Å². The van der Waals surface area contributed by atoms with Gasteiger partial charge in [0.15, 0.2) is 0 Å². The van der Waals surface area contributed by atoms with E-state index in [0.29, 0.717) is 0 Å². The summed E-state index contributed by atoms with van der Waals surface area (Å²) in [5, 5.41) is 7.76. The van der Waals surface area contributed by atoms with Crippen molar-refractivity contribution in [1.29, 1.82) is 0 Å². The molecule has 3 aromatic heterocycles. The molecule has 0 aliphatic heterocycles. The molecule has 12 aromatic rings. The van der Waals surface area contributed by atoms with Crippen molar-refractivity contribution in [2.24, 2.45) is 0 Å². The molecule has 0 saturated carbocycles. The largest absolute Gasteiger partial charge is 0.248 e. The first-order valence-corrected chi connectivity index (χ1v) is 22.8. The maximum Gasteiger partial charge on any atom is 0.101 e. The quantitative estimate of drug-likeness (QED) is 0.145. The molecule has 9 aromatic carbocycles. The van der Waals surface area contributed by atoms with E-state index in [9.17, 15) is 0 Å². The predicted octanol–water partition coefficient (Wildman–Crippen LogP) is 16.9. The Morgan fingerprint density at radius 1 is 0.269 bits per heavy atom. The number of hydrogen-bond acceptors (Lipinski definition) is 2. The maximum atomic E-state index is 5.44. The van der Waals surface area contributed by atoms with Gasteiger partial charge in [0.2, 0.25) is 0 Å². The van der Waals surface area contributed by atoms with Crippen LogP contribution in [0.1, 0.15) is 0 Å². The molecule has 0 atom stereocenters. The molecule has 0 unspecified atom stereocenters. The second-order valence-electron chi connectivity index (χ2n) is 17.0. The fourth-order valence-corrected chi connectivity index (χ4v) is 9.52. The molecular formula is C64H43N3. The number of aromatic nitrogens is 3. The molecule has 3 heteroatoms. The molecule has 0 amide bonds. The van der Waals surface area contributed by atoms with Crippen LogP contribution in [0.15, 0.2) is 261 Å². The van der Waals surface area contributed by atoms with Crippen LogP contribution in [0.3, 0.4) is 0 Å². The van der Waals surface area contributed by atoms with E-state index in [0.717, 1.165) is 100 Å². The number of fused-ring (bicyclic) bond motifs is 3. The molecular weight excluding hydrogens is 811 g/mol. The predicted molar refractivity (Wildman–Crippen MR) is 279 cm³/mol. The molecule has 0 aliphatic rings. The normalized spacial score (nSPS) is 11.3. The molecule has 12 rings (SSSR count). The van der Waals surface area contributed by atoms with Crippen LogP contribution in [0.5, 0.6) is 0 Å². The standard InChI is InChI=1S/C64H43N3/c1-6-19-44(20-7-1)51-29-16-31-53(39-51)59-41-55(42-60(65-59)54-32-17-30-52(40-54)45-21-8-2-9-22-45)46-35-37-47(38-36-46)56-33-18-34-57-58(56)43-61(48-23-10-3-11-24-48)67-64(57)62(49-25-12-4-13-26-49)63(66-67)50-27-14-5-15-28-50/h1-43H. The zero-order valence-corrected chi connectivity index (χ0v) is 36.7. The highest BCUT2D eigenvalue weighted by Crippen LogP contribution is 2.43. The minimum Gasteiger partial charge on any atom is -0.248 e. The van der Waals surface area contributed by atoms with Crippen LogP contribution < -0.4 is 0 Å². The Morgan fingerprint density at radius 3 is 1.25 bits per heavy atom. The van der Waals surface area contributed by atoms with Gasteiger partial charge in [0.1, 0.15) is 5.69 Å². The van der Waals surface area contributed by atoms with Crippen LogP contribution in [-0.4, -0.2) is 14.6 Å². The van der Waals surface area contributed by atoms with Crippen molar-refractivity contribution >= 4 is 16.3 Å². The Bertz CT molecular complexity index is 3590. The van der Waals surface area contributed by atoms with Gasteiger partial charge in [0.25, 0.3) is 0 Å². The van der Waals surface area contributed by atoms with Crippen LogP contribution in [0, 0.1) is 0 Å². The molecule has 314 valence electrons. The smallest absolute Gasteiger partial charge is 0.101 e. The molecule has 3 heterocycles. The lowest BCUT2D eigenvalue weighted by Gasteiger charge is -2.15. The highest BCUT2D eigenvalue weighted by atomic mass is 15.2.